The van der Waals surface area contributed by atoms with Crippen LogP contribution in [-0.4, -0.2) is 80.1 Å². The van der Waals surface area contributed by atoms with Crippen molar-refractivity contribution >= 4 is 51.4 Å². The van der Waals surface area contributed by atoms with Crippen LogP contribution in [0, 0.1) is 0 Å². The number of aliphatic carboxylic acids is 1. The average molecular weight is 606 g/mol. The number of aliphatic hydroxyl groups excluding tert-OH is 1. The molecule has 0 aliphatic carbocycles. The summed E-state index contributed by atoms with van der Waals surface area (Å²) in [6, 6.07) is 9.08. The van der Waals surface area contributed by atoms with Gasteiger partial charge in [-0.15, -0.1) is 0 Å². The van der Waals surface area contributed by atoms with E-state index in [-0.39, 0.29) is 12.8 Å². The quantitative estimate of drug-likeness (QED) is 0.0909. The van der Waals surface area contributed by atoms with Gasteiger partial charge in [-0.1, -0.05) is 36.4 Å². The van der Waals surface area contributed by atoms with Crippen LogP contribution < -0.4 is 27.4 Å². The van der Waals surface area contributed by atoms with Crippen molar-refractivity contribution in [1.82, 2.24) is 25.9 Å². The predicted octanol–water partition coefficient (Wildman–Crippen LogP) is -0.443. The van der Waals surface area contributed by atoms with Crippen molar-refractivity contribution in [1.29, 1.82) is 0 Å². The number of hydrogen-bond acceptors (Lipinski definition) is 7. The Morgan fingerprint density at radius 3 is 1.80 bits per heavy atom. The summed E-state index contributed by atoms with van der Waals surface area (Å²) in [6.45, 7) is 1.20. The number of amides is 4. The van der Waals surface area contributed by atoms with Crippen LogP contribution in [0.5, 0.6) is 0 Å². The van der Waals surface area contributed by atoms with E-state index >= 15 is 0 Å². The fraction of sp³-hybridized carbons (Fsp3) is 0.300. The molecule has 0 fully saturated rings. The highest BCUT2D eigenvalue weighted by Crippen LogP contribution is 2.20. The number of nitrogens with one attached hydrogen (secondary N) is 5. The molecule has 2 heterocycles. The van der Waals surface area contributed by atoms with Gasteiger partial charge >= 0.3 is 5.97 Å². The van der Waals surface area contributed by atoms with E-state index in [1.807, 2.05) is 36.4 Å². The highest BCUT2D eigenvalue weighted by Gasteiger charge is 2.33. The van der Waals surface area contributed by atoms with Crippen LogP contribution in [0.4, 0.5) is 0 Å². The zero-order chi connectivity index (χ0) is 32.0. The van der Waals surface area contributed by atoms with Crippen molar-refractivity contribution in [3.05, 3.63) is 72.1 Å². The molecule has 14 heteroatoms. The van der Waals surface area contributed by atoms with Gasteiger partial charge in [0.05, 0.1) is 18.6 Å². The number of fused-ring (bicyclic) bond motifs is 2. The largest absolute Gasteiger partial charge is 0.480 e. The van der Waals surface area contributed by atoms with Gasteiger partial charge in [-0.2, -0.15) is 0 Å². The fourth-order valence-corrected chi connectivity index (χ4v) is 4.96. The molecule has 0 bridgehead atoms. The summed E-state index contributed by atoms with van der Waals surface area (Å²) in [6.07, 6.45) is 1.38. The van der Waals surface area contributed by atoms with E-state index in [2.05, 4.69) is 25.9 Å². The lowest BCUT2D eigenvalue weighted by Gasteiger charge is -2.25. The first kappa shape index (κ1) is 31.7. The number of benzene rings is 2. The minimum atomic E-state index is -1.66. The van der Waals surface area contributed by atoms with Crippen molar-refractivity contribution < 1.29 is 34.2 Å². The first-order valence-corrected chi connectivity index (χ1v) is 13.9. The highest BCUT2D eigenvalue weighted by atomic mass is 16.4. The second kappa shape index (κ2) is 13.8. The molecule has 0 saturated carbocycles. The SMILES string of the molecule is CC(O)C(NC(=O)C(Cc1c[nH]c2ccccc12)NC(=O)C(CC(N)=O)NC(=O)C(N)Cc1c[nH]c2ccccc12)C(=O)O. The van der Waals surface area contributed by atoms with Crippen molar-refractivity contribution in [3.8, 4) is 0 Å². The Hall–Kier alpha value is -5.21. The molecule has 0 aliphatic rings. The molecule has 11 N–H and O–H groups in total. The van der Waals surface area contributed by atoms with E-state index in [1.165, 1.54) is 6.92 Å². The van der Waals surface area contributed by atoms with Gasteiger partial charge in [-0.05, 0) is 36.6 Å². The molecular weight excluding hydrogens is 570 g/mol. The van der Waals surface area contributed by atoms with Gasteiger partial charge in [-0.3, -0.25) is 19.2 Å². The van der Waals surface area contributed by atoms with E-state index in [1.54, 1.807) is 24.5 Å². The number of carbonyl (C=O) groups is 5. The lowest BCUT2D eigenvalue weighted by molar-refractivity contribution is -0.145. The molecule has 5 unspecified atom stereocenters. The van der Waals surface area contributed by atoms with Crippen LogP contribution in [0.25, 0.3) is 21.8 Å². The highest BCUT2D eigenvalue weighted by molar-refractivity contribution is 5.97. The maximum atomic E-state index is 13.5. The molecular formula is C30H35N7O7. The number of carbonyl (C=O) groups excluding carboxylic acids is 4. The molecule has 0 aliphatic heterocycles. The average Bonchev–Trinajstić information content (AvgIpc) is 3.58. The summed E-state index contributed by atoms with van der Waals surface area (Å²) in [5.74, 6) is -4.92. The Balaban J connectivity index is 1.53. The molecule has 0 spiro atoms. The summed E-state index contributed by atoms with van der Waals surface area (Å²) in [4.78, 5) is 69.5. The third kappa shape index (κ3) is 7.59. The maximum Gasteiger partial charge on any atom is 0.328 e. The minimum absolute atomic E-state index is 0.0922. The zero-order valence-electron chi connectivity index (χ0n) is 23.9. The minimum Gasteiger partial charge on any atom is -0.480 e. The summed E-state index contributed by atoms with van der Waals surface area (Å²) < 4.78 is 0. The molecule has 4 amide bonds. The van der Waals surface area contributed by atoms with Gasteiger partial charge in [0.15, 0.2) is 6.04 Å². The number of nitrogens with two attached hydrogens (primary N) is 2. The summed E-state index contributed by atoms with van der Waals surface area (Å²) in [7, 11) is 0. The summed E-state index contributed by atoms with van der Waals surface area (Å²) in [5.41, 5.74) is 14.6. The standard InChI is InChI=1S/C30H35N7O7/c1-15(38)26(30(43)44)37-29(42)23(11-17-14-34-22-9-5-3-7-19(17)22)36-28(41)24(12-25(32)39)35-27(40)20(31)10-16-13-33-21-8-4-2-6-18(16)21/h2-9,13-15,20,23-24,26,33-34,38H,10-12,31H2,1H3,(H2,32,39)(H,35,40)(H,36,41)(H,37,42)(H,43,44). The monoisotopic (exact) mass is 605 g/mol. The van der Waals surface area contributed by atoms with Crippen molar-refractivity contribution in [2.24, 2.45) is 11.5 Å². The van der Waals surface area contributed by atoms with Gasteiger partial charge in [0, 0.05) is 40.6 Å². The maximum absolute atomic E-state index is 13.5. The van der Waals surface area contributed by atoms with Gasteiger partial charge < -0.3 is 47.6 Å². The van der Waals surface area contributed by atoms with Crippen LogP contribution in [0.3, 0.4) is 0 Å². The molecule has 14 nitrogen and oxygen atoms in total. The molecule has 4 rings (SSSR count). The van der Waals surface area contributed by atoms with Crippen molar-refractivity contribution in [2.75, 3.05) is 0 Å². The molecule has 5 atom stereocenters. The van der Waals surface area contributed by atoms with Gasteiger partial charge in [-0.25, -0.2) is 4.79 Å². The first-order valence-electron chi connectivity index (χ1n) is 13.9. The Kier molecular flexibility index (Phi) is 9.98. The number of aliphatic hydroxyl groups is 1. The lowest BCUT2D eigenvalue weighted by Crippen LogP contribution is -2.59. The van der Waals surface area contributed by atoms with Crippen molar-refractivity contribution in [2.45, 2.75) is 56.5 Å². The molecule has 4 aromatic rings. The number of H-pyrrole nitrogens is 2. The summed E-state index contributed by atoms with van der Waals surface area (Å²) >= 11 is 0. The molecule has 44 heavy (non-hydrogen) atoms. The number of hydrogen-bond donors (Lipinski definition) is 9. The van der Waals surface area contributed by atoms with Gasteiger partial charge in [0.1, 0.15) is 12.1 Å². The van der Waals surface area contributed by atoms with Crippen molar-refractivity contribution in [3.63, 3.8) is 0 Å². The Labute approximate surface area is 251 Å². The zero-order valence-corrected chi connectivity index (χ0v) is 23.9. The van der Waals surface area contributed by atoms with Crippen LogP contribution >= 0.6 is 0 Å². The second-order valence-corrected chi connectivity index (χ2v) is 10.6. The fourth-order valence-electron chi connectivity index (χ4n) is 4.96. The summed E-state index contributed by atoms with van der Waals surface area (Å²) in [5, 5.41) is 28.2. The smallest absolute Gasteiger partial charge is 0.328 e. The van der Waals surface area contributed by atoms with E-state index in [0.717, 1.165) is 27.4 Å². The van der Waals surface area contributed by atoms with Crippen LogP contribution in [-0.2, 0) is 36.8 Å². The Bertz CT molecular complexity index is 1680. The molecule has 2 aromatic heterocycles. The van der Waals surface area contributed by atoms with E-state index in [0.29, 0.717) is 5.56 Å². The lowest BCUT2D eigenvalue weighted by atomic mass is 10.0. The molecule has 232 valence electrons. The Morgan fingerprint density at radius 1 is 0.773 bits per heavy atom. The first-order chi connectivity index (χ1) is 20.9. The number of aromatic amines is 2. The molecule has 0 radical (unpaired) electrons. The van der Waals surface area contributed by atoms with E-state index in [9.17, 15) is 34.2 Å². The molecule has 0 saturated heterocycles. The van der Waals surface area contributed by atoms with Gasteiger partial charge in [0.2, 0.25) is 23.6 Å². The third-order valence-electron chi connectivity index (χ3n) is 7.27. The topological polar surface area (TPSA) is 246 Å². The number of primary amides is 1. The number of carboxylic acid groups (broad SMARTS) is 1. The Morgan fingerprint density at radius 2 is 1.27 bits per heavy atom. The number of carboxylic acids is 1. The van der Waals surface area contributed by atoms with E-state index < -0.39 is 66.3 Å². The number of aromatic nitrogens is 2. The van der Waals surface area contributed by atoms with E-state index in [4.69, 9.17) is 11.5 Å². The molecule has 2 aromatic carbocycles. The van der Waals surface area contributed by atoms with Crippen LogP contribution in [0.2, 0.25) is 0 Å². The van der Waals surface area contributed by atoms with Crippen LogP contribution in [0.1, 0.15) is 24.5 Å². The second-order valence-electron chi connectivity index (χ2n) is 10.6. The van der Waals surface area contributed by atoms with Gasteiger partial charge in [0.25, 0.3) is 0 Å². The number of para-hydroxylation sites is 2. The predicted molar refractivity (Wildman–Crippen MR) is 161 cm³/mol. The number of rotatable bonds is 14. The third-order valence-corrected chi connectivity index (χ3v) is 7.27. The normalized spacial score (nSPS) is 14.7. The van der Waals surface area contributed by atoms with Crippen LogP contribution in [0.15, 0.2) is 60.9 Å².